The largest absolute Gasteiger partial charge is 0.495 e. The molecule has 1 atom stereocenters. The van der Waals surface area contributed by atoms with Gasteiger partial charge in [-0.25, -0.2) is 0 Å². The summed E-state index contributed by atoms with van der Waals surface area (Å²) in [5.74, 6) is -0.879. The van der Waals surface area contributed by atoms with Crippen molar-refractivity contribution in [1.29, 1.82) is 0 Å². The number of halogens is 1. The van der Waals surface area contributed by atoms with Crippen molar-refractivity contribution in [3.8, 4) is 5.75 Å². The zero-order valence-electron chi connectivity index (χ0n) is 19.2. The minimum Gasteiger partial charge on any atom is -0.495 e. The number of carbonyl (C=O) groups is 2. The predicted octanol–water partition coefficient (Wildman–Crippen LogP) is 3.62. The lowest BCUT2D eigenvalue weighted by Crippen LogP contribution is -2.41. The number of rotatable bonds is 6. The Labute approximate surface area is 200 Å². The maximum atomic E-state index is 12.6. The lowest BCUT2D eigenvalue weighted by molar-refractivity contribution is -0.136. The molecule has 2 aromatic carbocycles. The Morgan fingerprint density at radius 1 is 1.06 bits per heavy atom. The van der Waals surface area contributed by atoms with E-state index >= 15 is 0 Å². The van der Waals surface area contributed by atoms with Crippen LogP contribution in [-0.2, 0) is 16.0 Å². The number of nitrogens with zero attached hydrogens (tertiary/aromatic N) is 2. The van der Waals surface area contributed by atoms with Crippen LogP contribution in [0.2, 0.25) is 5.02 Å². The van der Waals surface area contributed by atoms with Crippen molar-refractivity contribution in [2.45, 2.75) is 31.7 Å². The number of fused-ring (bicyclic) bond motifs is 1. The van der Waals surface area contributed by atoms with Crippen LogP contribution in [0.5, 0.6) is 5.75 Å². The number of aryl methyl sites for hydroxylation is 1. The molecule has 176 valence electrons. The molecule has 7 nitrogen and oxygen atoms in total. The number of likely N-dealkylation sites (tertiary alicyclic amines) is 1. The highest BCUT2D eigenvalue weighted by atomic mass is 35.5. The average molecular weight is 471 g/mol. The first kappa shape index (κ1) is 23.4. The van der Waals surface area contributed by atoms with Gasteiger partial charge in [-0.15, -0.1) is 0 Å². The van der Waals surface area contributed by atoms with Crippen LogP contribution in [-0.4, -0.2) is 57.1 Å². The van der Waals surface area contributed by atoms with Gasteiger partial charge < -0.3 is 20.3 Å². The van der Waals surface area contributed by atoms with Gasteiger partial charge in [-0.3, -0.25) is 14.5 Å². The highest BCUT2D eigenvalue weighted by Gasteiger charge is 2.26. The van der Waals surface area contributed by atoms with Gasteiger partial charge in [0.1, 0.15) is 5.75 Å². The fourth-order valence-electron chi connectivity index (χ4n) is 4.73. The maximum absolute atomic E-state index is 12.6. The number of hydrogen-bond acceptors (Lipinski definition) is 5. The molecule has 2 aliphatic rings. The lowest BCUT2D eigenvalue weighted by Gasteiger charge is -2.31. The number of benzene rings is 2. The van der Waals surface area contributed by atoms with Gasteiger partial charge in [0.05, 0.1) is 18.2 Å². The van der Waals surface area contributed by atoms with Gasteiger partial charge in [0.15, 0.2) is 0 Å². The summed E-state index contributed by atoms with van der Waals surface area (Å²) < 4.78 is 5.12. The smallest absolute Gasteiger partial charge is 0.313 e. The van der Waals surface area contributed by atoms with Crippen molar-refractivity contribution in [3.05, 3.63) is 52.5 Å². The normalized spacial score (nSPS) is 16.8. The second-order valence-electron chi connectivity index (χ2n) is 8.69. The number of hydrogen-bond donors (Lipinski definition) is 2. The molecule has 0 bridgehead atoms. The molecule has 2 amide bonds. The molecule has 1 unspecified atom stereocenters. The van der Waals surface area contributed by atoms with E-state index < -0.39 is 11.8 Å². The summed E-state index contributed by atoms with van der Waals surface area (Å²) in [6.07, 6.45) is 4.51. The van der Waals surface area contributed by atoms with E-state index in [1.54, 1.807) is 18.2 Å². The van der Waals surface area contributed by atoms with E-state index in [1.807, 2.05) is 0 Å². The highest BCUT2D eigenvalue weighted by molar-refractivity contribution is 6.40. The Bertz CT molecular complexity index is 1020. The van der Waals surface area contributed by atoms with Crippen molar-refractivity contribution < 1.29 is 14.3 Å². The molecule has 0 aromatic heterocycles. The third-order valence-electron chi connectivity index (χ3n) is 6.49. The third-order valence-corrected chi connectivity index (χ3v) is 6.79. The SMILES string of the molecule is COc1ccc(NC(=O)C(=O)NCC(c2ccc3c(c2)CCCN3C)N2CCCC2)cc1Cl. The summed E-state index contributed by atoms with van der Waals surface area (Å²) in [6.45, 7) is 3.44. The van der Waals surface area contributed by atoms with Crippen LogP contribution in [0, 0.1) is 0 Å². The van der Waals surface area contributed by atoms with Gasteiger partial charge in [0, 0.05) is 31.5 Å². The summed E-state index contributed by atoms with van der Waals surface area (Å²) in [4.78, 5) is 29.7. The fourth-order valence-corrected chi connectivity index (χ4v) is 4.98. The van der Waals surface area contributed by atoms with E-state index in [9.17, 15) is 9.59 Å². The second-order valence-corrected chi connectivity index (χ2v) is 9.09. The first-order valence-electron chi connectivity index (χ1n) is 11.5. The number of anilines is 2. The van der Waals surface area contributed by atoms with Gasteiger partial charge in [-0.05, 0) is 74.2 Å². The van der Waals surface area contributed by atoms with Gasteiger partial charge in [0.25, 0.3) is 0 Å². The van der Waals surface area contributed by atoms with Crippen LogP contribution in [0.25, 0.3) is 0 Å². The summed E-state index contributed by atoms with van der Waals surface area (Å²) in [5.41, 5.74) is 4.27. The molecule has 2 N–H and O–H groups in total. The third kappa shape index (κ3) is 5.42. The molecule has 33 heavy (non-hydrogen) atoms. The molecular formula is C25H31ClN4O3. The van der Waals surface area contributed by atoms with Crippen LogP contribution in [0.3, 0.4) is 0 Å². The molecular weight excluding hydrogens is 440 g/mol. The number of carbonyl (C=O) groups excluding carboxylic acids is 2. The van der Waals surface area contributed by atoms with Crippen molar-refractivity contribution in [1.82, 2.24) is 10.2 Å². The first-order chi connectivity index (χ1) is 16.0. The quantitative estimate of drug-likeness (QED) is 0.631. The molecule has 2 aliphatic heterocycles. The fraction of sp³-hybridized carbons (Fsp3) is 0.440. The van der Waals surface area contributed by atoms with E-state index in [2.05, 4.69) is 45.7 Å². The van der Waals surface area contributed by atoms with Gasteiger partial charge in [-0.2, -0.15) is 0 Å². The van der Waals surface area contributed by atoms with E-state index in [4.69, 9.17) is 16.3 Å². The number of ether oxygens (including phenoxy) is 1. The van der Waals surface area contributed by atoms with Crippen molar-refractivity contribution in [2.75, 3.05) is 50.6 Å². The van der Waals surface area contributed by atoms with E-state index in [-0.39, 0.29) is 6.04 Å². The molecule has 0 radical (unpaired) electrons. The summed E-state index contributed by atoms with van der Waals surface area (Å²) >= 11 is 6.11. The number of methoxy groups -OCH3 is 1. The standard InChI is InChI=1S/C25H31ClN4O3/c1-29-11-5-6-17-14-18(7-9-21(17)29)22(30-12-3-4-13-30)16-27-24(31)25(32)28-19-8-10-23(33-2)20(26)15-19/h7-10,14-15,22H,3-6,11-13,16H2,1-2H3,(H,27,31)(H,28,32). The van der Waals surface area contributed by atoms with Crippen molar-refractivity contribution in [2.24, 2.45) is 0 Å². The van der Waals surface area contributed by atoms with Crippen LogP contribution in [0.15, 0.2) is 36.4 Å². The molecule has 1 fully saturated rings. The van der Waals surface area contributed by atoms with Gasteiger partial charge in [-0.1, -0.05) is 23.7 Å². The summed E-state index contributed by atoms with van der Waals surface area (Å²) in [6, 6.07) is 11.5. The lowest BCUT2D eigenvalue weighted by atomic mass is 9.96. The molecule has 0 spiro atoms. The van der Waals surface area contributed by atoms with Crippen LogP contribution >= 0.6 is 11.6 Å². The predicted molar refractivity (Wildman–Crippen MR) is 131 cm³/mol. The minimum absolute atomic E-state index is 0.0391. The first-order valence-corrected chi connectivity index (χ1v) is 11.8. The Kier molecular flexibility index (Phi) is 7.40. The molecule has 1 saturated heterocycles. The van der Waals surface area contributed by atoms with E-state index in [0.29, 0.717) is 23.0 Å². The zero-order chi connectivity index (χ0) is 23.4. The monoisotopic (exact) mass is 470 g/mol. The topological polar surface area (TPSA) is 73.9 Å². The Morgan fingerprint density at radius 2 is 1.85 bits per heavy atom. The van der Waals surface area contributed by atoms with E-state index in [0.717, 1.165) is 45.3 Å². The van der Waals surface area contributed by atoms with Crippen LogP contribution < -0.4 is 20.3 Å². The molecule has 8 heteroatoms. The average Bonchev–Trinajstić information content (AvgIpc) is 3.34. The van der Waals surface area contributed by atoms with Crippen molar-refractivity contribution in [3.63, 3.8) is 0 Å². The number of nitrogens with one attached hydrogen (secondary N) is 2. The summed E-state index contributed by atoms with van der Waals surface area (Å²) in [7, 11) is 3.65. The second kappa shape index (κ2) is 10.4. The van der Waals surface area contributed by atoms with Gasteiger partial charge >= 0.3 is 11.8 Å². The van der Waals surface area contributed by atoms with Crippen LogP contribution in [0.4, 0.5) is 11.4 Å². The molecule has 0 saturated carbocycles. The molecule has 2 aromatic rings. The molecule has 2 heterocycles. The van der Waals surface area contributed by atoms with E-state index in [1.165, 1.54) is 23.9 Å². The zero-order valence-corrected chi connectivity index (χ0v) is 20.0. The molecule has 4 rings (SSSR count). The molecule has 0 aliphatic carbocycles. The maximum Gasteiger partial charge on any atom is 0.313 e. The Balaban J connectivity index is 1.43. The number of amides is 2. The van der Waals surface area contributed by atoms with Crippen molar-refractivity contribution >= 4 is 34.8 Å². The Morgan fingerprint density at radius 3 is 2.58 bits per heavy atom. The highest BCUT2D eigenvalue weighted by Crippen LogP contribution is 2.32. The van der Waals surface area contributed by atoms with Crippen LogP contribution in [0.1, 0.15) is 36.4 Å². The minimum atomic E-state index is -0.719. The Hall–Kier alpha value is -2.77. The summed E-state index contributed by atoms with van der Waals surface area (Å²) in [5, 5.41) is 5.81. The van der Waals surface area contributed by atoms with Gasteiger partial charge in [0.2, 0.25) is 0 Å².